The van der Waals surface area contributed by atoms with Crippen molar-refractivity contribution in [2.75, 3.05) is 34.9 Å². The fourth-order valence-electron chi connectivity index (χ4n) is 3.01. The highest BCUT2D eigenvalue weighted by atomic mass is 15.4. The Morgan fingerprint density at radius 3 is 2.40 bits per heavy atom. The third-order valence-electron chi connectivity index (χ3n) is 4.19. The van der Waals surface area contributed by atoms with Gasteiger partial charge in [0, 0.05) is 25.7 Å². The first kappa shape index (κ1) is 13.4. The molecule has 3 heterocycles. The average Bonchev–Trinajstić information content (AvgIpc) is 2.94. The minimum Gasteiger partial charge on any atom is -0.341 e. The van der Waals surface area contributed by atoms with Crippen LogP contribution in [0.15, 0.2) is 0 Å². The molecule has 1 atom stereocenters. The van der Waals surface area contributed by atoms with Gasteiger partial charge in [-0.25, -0.2) is 5.84 Å². The number of rotatable bonds is 3. The second kappa shape index (κ2) is 5.78. The Labute approximate surface area is 119 Å². The lowest BCUT2D eigenvalue weighted by Crippen LogP contribution is -2.34. The summed E-state index contributed by atoms with van der Waals surface area (Å²) in [6.07, 6.45) is 6.08. The van der Waals surface area contributed by atoms with Crippen molar-refractivity contribution in [3.8, 4) is 0 Å². The maximum Gasteiger partial charge on any atom is 0.243 e. The van der Waals surface area contributed by atoms with E-state index in [2.05, 4.69) is 37.1 Å². The molecular weight excluding hydrogens is 254 g/mol. The molecule has 0 radical (unpaired) electrons. The zero-order chi connectivity index (χ0) is 13.9. The van der Waals surface area contributed by atoms with E-state index < -0.39 is 0 Å². The summed E-state index contributed by atoms with van der Waals surface area (Å²) in [5, 5.41) is 0. The molecule has 2 aliphatic rings. The van der Waals surface area contributed by atoms with Crippen LogP contribution in [0, 0.1) is 0 Å². The number of nitrogen functional groups attached to an aromatic ring is 1. The monoisotopic (exact) mass is 277 g/mol. The van der Waals surface area contributed by atoms with Gasteiger partial charge >= 0.3 is 0 Å². The Morgan fingerprint density at radius 1 is 1.00 bits per heavy atom. The topological polar surface area (TPSA) is 83.2 Å². The molecule has 110 valence electrons. The molecule has 7 nitrogen and oxygen atoms in total. The van der Waals surface area contributed by atoms with Crippen molar-refractivity contribution in [1.29, 1.82) is 0 Å². The predicted octanol–water partition coefficient (Wildman–Crippen LogP) is 1.14. The molecule has 1 aromatic heterocycles. The van der Waals surface area contributed by atoms with E-state index in [1.54, 1.807) is 0 Å². The van der Waals surface area contributed by atoms with E-state index in [4.69, 9.17) is 5.84 Å². The van der Waals surface area contributed by atoms with Gasteiger partial charge in [-0.15, -0.1) is 0 Å². The average molecular weight is 277 g/mol. The van der Waals surface area contributed by atoms with Gasteiger partial charge in [0.15, 0.2) is 0 Å². The fraction of sp³-hybridized carbons (Fsp3) is 0.769. The zero-order valence-corrected chi connectivity index (χ0v) is 12.0. The third-order valence-corrected chi connectivity index (χ3v) is 4.19. The fourth-order valence-corrected chi connectivity index (χ4v) is 3.01. The lowest BCUT2D eigenvalue weighted by atomic mass is 10.1. The van der Waals surface area contributed by atoms with Crippen LogP contribution in [-0.4, -0.2) is 40.6 Å². The van der Waals surface area contributed by atoms with Crippen molar-refractivity contribution in [3.63, 3.8) is 0 Å². The van der Waals surface area contributed by atoms with Gasteiger partial charge in [-0.2, -0.15) is 15.0 Å². The summed E-state index contributed by atoms with van der Waals surface area (Å²) >= 11 is 0. The van der Waals surface area contributed by atoms with Crippen molar-refractivity contribution in [3.05, 3.63) is 0 Å². The minimum atomic E-state index is 0.453. The second-order valence-corrected chi connectivity index (χ2v) is 5.64. The standard InChI is InChI=1S/C13H23N7/c1-10-6-5-9-20(10)13-16-11(18-14)15-12(17-13)19-7-3-2-4-8-19/h10H,2-9,14H2,1H3,(H,15,16,17,18). The van der Waals surface area contributed by atoms with Crippen LogP contribution in [0.5, 0.6) is 0 Å². The summed E-state index contributed by atoms with van der Waals surface area (Å²) in [4.78, 5) is 18.0. The maximum atomic E-state index is 5.51. The molecule has 2 fully saturated rings. The summed E-state index contributed by atoms with van der Waals surface area (Å²) in [5.74, 6) is 7.46. The summed E-state index contributed by atoms with van der Waals surface area (Å²) in [5.41, 5.74) is 2.57. The van der Waals surface area contributed by atoms with Crippen LogP contribution in [0.3, 0.4) is 0 Å². The molecule has 0 aliphatic carbocycles. The predicted molar refractivity (Wildman–Crippen MR) is 79.7 cm³/mol. The first-order valence-corrected chi connectivity index (χ1v) is 7.52. The van der Waals surface area contributed by atoms with Crippen LogP contribution in [0.25, 0.3) is 0 Å². The van der Waals surface area contributed by atoms with Crippen molar-refractivity contribution in [2.24, 2.45) is 5.84 Å². The molecule has 3 N–H and O–H groups in total. The number of anilines is 3. The van der Waals surface area contributed by atoms with Gasteiger partial charge in [0.1, 0.15) is 0 Å². The molecule has 2 saturated heterocycles. The van der Waals surface area contributed by atoms with Crippen LogP contribution in [0.1, 0.15) is 39.0 Å². The number of aromatic nitrogens is 3. The number of nitrogens with one attached hydrogen (secondary N) is 1. The molecule has 1 unspecified atom stereocenters. The zero-order valence-electron chi connectivity index (χ0n) is 12.0. The Kier molecular flexibility index (Phi) is 3.86. The SMILES string of the molecule is CC1CCCN1c1nc(NN)nc(N2CCCCC2)n1. The third kappa shape index (κ3) is 2.63. The highest BCUT2D eigenvalue weighted by Crippen LogP contribution is 2.25. The lowest BCUT2D eigenvalue weighted by molar-refractivity contribution is 0.566. The maximum absolute atomic E-state index is 5.51. The van der Waals surface area contributed by atoms with E-state index in [1.807, 2.05) is 0 Å². The van der Waals surface area contributed by atoms with Gasteiger partial charge in [0.05, 0.1) is 0 Å². The molecule has 3 rings (SSSR count). The summed E-state index contributed by atoms with van der Waals surface area (Å²) < 4.78 is 0. The largest absolute Gasteiger partial charge is 0.341 e. The number of piperidine rings is 1. The number of nitrogens with two attached hydrogens (primary N) is 1. The molecule has 0 spiro atoms. The van der Waals surface area contributed by atoms with Gasteiger partial charge in [-0.3, -0.25) is 5.43 Å². The van der Waals surface area contributed by atoms with Crippen molar-refractivity contribution >= 4 is 17.8 Å². The highest BCUT2D eigenvalue weighted by molar-refractivity contribution is 5.46. The van der Waals surface area contributed by atoms with E-state index >= 15 is 0 Å². The number of nitrogens with zero attached hydrogens (tertiary/aromatic N) is 5. The van der Waals surface area contributed by atoms with Crippen LogP contribution < -0.4 is 21.1 Å². The van der Waals surface area contributed by atoms with Gasteiger partial charge in [0.2, 0.25) is 17.8 Å². The lowest BCUT2D eigenvalue weighted by Gasteiger charge is -2.28. The molecule has 0 bridgehead atoms. The van der Waals surface area contributed by atoms with Crippen molar-refractivity contribution < 1.29 is 0 Å². The molecule has 0 amide bonds. The quantitative estimate of drug-likeness (QED) is 0.633. The van der Waals surface area contributed by atoms with Crippen molar-refractivity contribution in [1.82, 2.24) is 15.0 Å². The molecular formula is C13H23N7. The van der Waals surface area contributed by atoms with E-state index in [0.29, 0.717) is 12.0 Å². The number of hydrazine groups is 1. The van der Waals surface area contributed by atoms with E-state index in [0.717, 1.165) is 31.5 Å². The second-order valence-electron chi connectivity index (χ2n) is 5.64. The number of hydrogen-bond donors (Lipinski definition) is 2. The molecule has 20 heavy (non-hydrogen) atoms. The normalized spacial score (nSPS) is 23.2. The van der Waals surface area contributed by atoms with E-state index in [-0.39, 0.29) is 0 Å². The molecule has 1 aromatic rings. The smallest absolute Gasteiger partial charge is 0.243 e. The Hall–Kier alpha value is -1.63. The Bertz CT molecular complexity index is 458. The first-order chi connectivity index (χ1) is 9.78. The molecule has 7 heteroatoms. The van der Waals surface area contributed by atoms with Crippen LogP contribution in [0.4, 0.5) is 17.8 Å². The first-order valence-electron chi connectivity index (χ1n) is 7.52. The van der Waals surface area contributed by atoms with Gasteiger partial charge in [0.25, 0.3) is 0 Å². The van der Waals surface area contributed by atoms with Crippen LogP contribution >= 0.6 is 0 Å². The highest BCUT2D eigenvalue weighted by Gasteiger charge is 2.25. The molecule has 2 aliphatic heterocycles. The van der Waals surface area contributed by atoms with Gasteiger partial charge in [-0.05, 0) is 39.0 Å². The van der Waals surface area contributed by atoms with Gasteiger partial charge < -0.3 is 9.80 Å². The molecule has 0 saturated carbocycles. The van der Waals surface area contributed by atoms with Gasteiger partial charge in [-0.1, -0.05) is 0 Å². The Morgan fingerprint density at radius 2 is 1.75 bits per heavy atom. The minimum absolute atomic E-state index is 0.453. The Balaban J connectivity index is 1.89. The molecule has 0 aromatic carbocycles. The van der Waals surface area contributed by atoms with Crippen molar-refractivity contribution in [2.45, 2.75) is 45.1 Å². The van der Waals surface area contributed by atoms with E-state index in [9.17, 15) is 0 Å². The van der Waals surface area contributed by atoms with E-state index in [1.165, 1.54) is 32.1 Å². The summed E-state index contributed by atoms with van der Waals surface area (Å²) in [6, 6.07) is 0.484. The summed E-state index contributed by atoms with van der Waals surface area (Å²) in [7, 11) is 0. The van der Waals surface area contributed by atoms with Crippen LogP contribution in [-0.2, 0) is 0 Å². The summed E-state index contributed by atoms with van der Waals surface area (Å²) in [6.45, 7) is 5.26. The number of hydrogen-bond acceptors (Lipinski definition) is 7. The van der Waals surface area contributed by atoms with Crippen LogP contribution in [0.2, 0.25) is 0 Å².